The van der Waals surface area contributed by atoms with Crippen LogP contribution in [0, 0.1) is 0 Å². The summed E-state index contributed by atoms with van der Waals surface area (Å²) >= 11 is 0. The van der Waals surface area contributed by atoms with Crippen molar-refractivity contribution in [2.75, 3.05) is 18.6 Å². The van der Waals surface area contributed by atoms with E-state index in [-0.39, 0.29) is 11.9 Å². The first-order valence-corrected chi connectivity index (χ1v) is 11.5. The maximum atomic E-state index is 12.4. The van der Waals surface area contributed by atoms with Crippen molar-refractivity contribution in [2.45, 2.75) is 25.3 Å². The zero-order chi connectivity index (χ0) is 23.9. The Balaban J connectivity index is 1.26. The Labute approximate surface area is 202 Å². The van der Waals surface area contributed by atoms with E-state index in [9.17, 15) is 4.79 Å². The van der Waals surface area contributed by atoms with Crippen molar-refractivity contribution >= 4 is 11.6 Å². The van der Waals surface area contributed by atoms with Crippen LogP contribution in [0.4, 0.5) is 5.69 Å². The van der Waals surface area contributed by atoms with Crippen LogP contribution < -0.4 is 14.4 Å². The average molecular weight is 469 g/mol. The number of hydrogen-bond acceptors (Lipinski definition) is 7. The number of aromatic nitrogens is 5. The zero-order valence-electron chi connectivity index (χ0n) is 19.5. The molecule has 0 unspecified atom stereocenters. The number of anilines is 1. The van der Waals surface area contributed by atoms with E-state index in [4.69, 9.17) is 14.5 Å². The summed E-state index contributed by atoms with van der Waals surface area (Å²) in [5, 5.41) is 8.11. The summed E-state index contributed by atoms with van der Waals surface area (Å²) in [5.74, 6) is 2.20. The van der Waals surface area contributed by atoms with Gasteiger partial charge in [0.15, 0.2) is 5.82 Å². The molecule has 0 radical (unpaired) electrons. The van der Waals surface area contributed by atoms with Crippen LogP contribution in [-0.2, 0) is 18.3 Å². The number of nitrogens with zero attached hydrogens (tertiary/aromatic N) is 6. The first kappa shape index (κ1) is 21.3. The number of carbonyl (C=O) groups is 1. The van der Waals surface area contributed by atoms with Gasteiger partial charge in [0.25, 0.3) is 0 Å². The van der Waals surface area contributed by atoms with Gasteiger partial charge in [-0.15, -0.1) is 10.2 Å². The average Bonchev–Trinajstić information content (AvgIpc) is 3.49. The summed E-state index contributed by atoms with van der Waals surface area (Å²) in [4.78, 5) is 23.4. The molecule has 6 rings (SSSR count). The number of benzene rings is 1. The smallest absolute Gasteiger partial charge is 0.238 e. The molecule has 2 aliphatic rings. The summed E-state index contributed by atoms with van der Waals surface area (Å²) in [6.07, 6.45) is 7.24. The molecule has 0 N–H and O–H groups in total. The number of fused-ring (bicyclic) bond motifs is 3. The van der Waals surface area contributed by atoms with Crippen LogP contribution in [-0.4, -0.2) is 50.4 Å². The molecule has 5 heterocycles. The van der Waals surface area contributed by atoms with Crippen LogP contribution >= 0.6 is 0 Å². The van der Waals surface area contributed by atoms with E-state index in [0.717, 1.165) is 51.6 Å². The minimum absolute atomic E-state index is 0.101. The number of methoxy groups -OCH3 is 1. The van der Waals surface area contributed by atoms with Crippen LogP contribution in [0.15, 0.2) is 55.1 Å². The highest BCUT2D eigenvalue weighted by Gasteiger charge is 2.38. The fourth-order valence-corrected chi connectivity index (χ4v) is 4.78. The van der Waals surface area contributed by atoms with Crippen molar-refractivity contribution < 1.29 is 14.3 Å². The number of ether oxygens (including phenoxy) is 2. The van der Waals surface area contributed by atoms with Crippen molar-refractivity contribution in [3.05, 3.63) is 66.4 Å². The SMILES string of the molecule is COc1cc(Cc2cnc3c(c2)N2C(=O)CC[C@H]2CO3)ncc1-c1ccc(-c2nncn2C)cc1. The van der Waals surface area contributed by atoms with Crippen molar-refractivity contribution in [1.82, 2.24) is 24.7 Å². The Morgan fingerprint density at radius 2 is 1.94 bits per heavy atom. The largest absolute Gasteiger partial charge is 0.496 e. The lowest BCUT2D eigenvalue weighted by molar-refractivity contribution is -0.117. The van der Waals surface area contributed by atoms with Gasteiger partial charge in [0.2, 0.25) is 11.8 Å². The van der Waals surface area contributed by atoms with Crippen LogP contribution in [0.5, 0.6) is 11.6 Å². The zero-order valence-corrected chi connectivity index (χ0v) is 19.5. The fraction of sp³-hybridized carbons (Fsp3) is 0.269. The second-order valence-electron chi connectivity index (χ2n) is 8.83. The molecule has 1 amide bonds. The van der Waals surface area contributed by atoms with Crippen molar-refractivity contribution in [1.29, 1.82) is 0 Å². The Kier molecular flexibility index (Phi) is 5.17. The third kappa shape index (κ3) is 3.78. The quantitative estimate of drug-likeness (QED) is 0.443. The van der Waals surface area contributed by atoms with Crippen molar-refractivity contribution in [2.24, 2.45) is 7.05 Å². The molecule has 35 heavy (non-hydrogen) atoms. The van der Waals surface area contributed by atoms with E-state index >= 15 is 0 Å². The monoisotopic (exact) mass is 468 g/mol. The second kappa shape index (κ2) is 8.50. The van der Waals surface area contributed by atoms with E-state index in [2.05, 4.69) is 15.2 Å². The van der Waals surface area contributed by atoms with Gasteiger partial charge in [-0.2, -0.15) is 0 Å². The molecule has 2 aliphatic heterocycles. The molecule has 0 aliphatic carbocycles. The number of aryl methyl sites for hydroxylation is 1. The van der Waals surface area contributed by atoms with Gasteiger partial charge < -0.3 is 18.9 Å². The Morgan fingerprint density at radius 3 is 2.71 bits per heavy atom. The fourth-order valence-electron chi connectivity index (χ4n) is 4.78. The Bertz CT molecular complexity index is 1420. The summed E-state index contributed by atoms with van der Waals surface area (Å²) in [7, 11) is 3.58. The van der Waals surface area contributed by atoms with Gasteiger partial charge in [0, 0.05) is 55.2 Å². The molecule has 0 bridgehead atoms. The summed E-state index contributed by atoms with van der Waals surface area (Å²) in [5.41, 5.74) is 5.46. The van der Waals surface area contributed by atoms with E-state index in [0.29, 0.717) is 25.3 Å². The summed E-state index contributed by atoms with van der Waals surface area (Å²) < 4.78 is 13.4. The third-order valence-electron chi connectivity index (χ3n) is 6.58. The number of carbonyl (C=O) groups excluding carboxylic acids is 1. The van der Waals surface area contributed by atoms with E-state index in [1.54, 1.807) is 19.6 Å². The van der Waals surface area contributed by atoms with Gasteiger partial charge >= 0.3 is 0 Å². The van der Waals surface area contributed by atoms with Gasteiger partial charge in [-0.05, 0) is 23.6 Å². The number of pyridine rings is 2. The number of rotatable bonds is 5. The lowest BCUT2D eigenvalue weighted by atomic mass is 10.0. The van der Waals surface area contributed by atoms with Crippen LogP contribution in [0.25, 0.3) is 22.5 Å². The molecule has 0 spiro atoms. The van der Waals surface area contributed by atoms with Crippen molar-refractivity contribution in [3.8, 4) is 34.1 Å². The first-order chi connectivity index (χ1) is 17.1. The molecule has 0 saturated carbocycles. The Morgan fingerprint density at radius 1 is 1.11 bits per heavy atom. The van der Waals surface area contributed by atoms with Gasteiger partial charge in [0.1, 0.15) is 24.4 Å². The predicted molar refractivity (Wildman–Crippen MR) is 129 cm³/mol. The highest BCUT2D eigenvalue weighted by Crippen LogP contribution is 2.38. The predicted octanol–water partition coefficient (Wildman–Crippen LogP) is 3.43. The molecule has 9 nitrogen and oxygen atoms in total. The highest BCUT2D eigenvalue weighted by atomic mass is 16.5. The van der Waals surface area contributed by atoms with E-state index in [1.807, 2.05) is 59.1 Å². The topological polar surface area (TPSA) is 95.3 Å². The van der Waals surface area contributed by atoms with Crippen LogP contribution in [0.1, 0.15) is 24.1 Å². The third-order valence-corrected chi connectivity index (χ3v) is 6.58. The Hall–Kier alpha value is -4.27. The molecular formula is C26H24N6O3. The molecular weight excluding hydrogens is 444 g/mol. The molecule has 4 aromatic rings. The van der Waals surface area contributed by atoms with E-state index < -0.39 is 0 Å². The standard InChI is InChI=1S/C26H24N6O3/c1-31-15-29-30-25(31)18-5-3-17(4-6-18)21-13-27-19(11-23(21)34-2)9-16-10-22-26(28-12-16)35-14-20-7-8-24(33)32(20)22/h3-6,10-13,15,20H,7-9,14H2,1-2H3/t20-/m0/s1. The maximum absolute atomic E-state index is 12.4. The minimum atomic E-state index is 0.101. The maximum Gasteiger partial charge on any atom is 0.238 e. The second-order valence-corrected chi connectivity index (χ2v) is 8.83. The number of hydrogen-bond donors (Lipinski definition) is 0. The molecule has 3 aromatic heterocycles. The first-order valence-electron chi connectivity index (χ1n) is 11.5. The molecule has 1 aromatic carbocycles. The minimum Gasteiger partial charge on any atom is -0.496 e. The molecule has 176 valence electrons. The van der Waals surface area contributed by atoms with Crippen LogP contribution in [0.2, 0.25) is 0 Å². The van der Waals surface area contributed by atoms with Gasteiger partial charge in [-0.1, -0.05) is 24.3 Å². The van der Waals surface area contributed by atoms with Crippen molar-refractivity contribution in [3.63, 3.8) is 0 Å². The lowest BCUT2D eigenvalue weighted by Gasteiger charge is -2.31. The summed E-state index contributed by atoms with van der Waals surface area (Å²) in [6, 6.07) is 12.1. The van der Waals surface area contributed by atoms with Gasteiger partial charge in [-0.25, -0.2) is 4.98 Å². The number of amides is 1. The highest BCUT2D eigenvalue weighted by molar-refractivity contribution is 5.97. The van der Waals surface area contributed by atoms with Crippen LogP contribution in [0.3, 0.4) is 0 Å². The lowest BCUT2D eigenvalue weighted by Crippen LogP contribution is -2.40. The normalized spacial score (nSPS) is 16.6. The molecule has 1 fully saturated rings. The summed E-state index contributed by atoms with van der Waals surface area (Å²) in [6.45, 7) is 0.505. The van der Waals surface area contributed by atoms with Gasteiger partial charge in [0.05, 0.1) is 13.2 Å². The van der Waals surface area contributed by atoms with Gasteiger partial charge in [-0.3, -0.25) is 9.78 Å². The molecule has 9 heteroatoms. The molecule has 1 saturated heterocycles. The van der Waals surface area contributed by atoms with E-state index in [1.165, 1.54) is 0 Å². The molecule has 1 atom stereocenters.